The minimum atomic E-state index is -0.0819. The molecule has 0 saturated carbocycles. The summed E-state index contributed by atoms with van der Waals surface area (Å²) in [5.74, 6) is 0.648. The van der Waals surface area contributed by atoms with Gasteiger partial charge in [-0.05, 0) is 31.0 Å². The van der Waals surface area contributed by atoms with E-state index in [0.29, 0.717) is 12.6 Å². The van der Waals surface area contributed by atoms with Crippen LogP contribution in [-0.2, 0) is 4.79 Å². The molecule has 0 bridgehead atoms. The molecule has 1 aliphatic heterocycles. The third-order valence-electron chi connectivity index (χ3n) is 4.04. The molecule has 1 atom stereocenters. The van der Waals surface area contributed by atoms with Crippen LogP contribution in [0.4, 0.5) is 0 Å². The van der Waals surface area contributed by atoms with Gasteiger partial charge in [0, 0.05) is 18.2 Å². The lowest BCUT2D eigenvalue weighted by Gasteiger charge is -2.13. The minimum Gasteiger partial charge on any atom is -0.483 e. The monoisotopic (exact) mass is 346 g/mol. The SMILES string of the molecule is Cl.O=C(COc1ccccc1-c1ccccc1)NCC1CCCN1. The fourth-order valence-corrected chi connectivity index (χ4v) is 2.81. The predicted molar refractivity (Wildman–Crippen MR) is 98.7 cm³/mol. The quantitative estimate of drug-likeness (QED) is 0.845. The summed E-state index contributed by atoms with van der Waals surface area (Å²) in [4.78, 5) is 12.0. The normalized spacial score (nSPS) is 16.2. The Kier molecular flexibility index (Phi) is 7.09. The molecule has 2 N–H and O–H groups in total. The molecule has 2 aromatic carbocycles. The zero-order valence-electron chi connectivity index (χ0n) is 13.5. The van der Waals surface area contributed by atoms with Gasteiger partial charge in [-0.1, -0.05) is 48.5 Å². The standard InChI is InChI=1S/C19H22N2O2.ClH/c22-19(21-13-16-9-6-12-20-16)14-23-18-11-5-4-10-17(18)15-7-2-1-3-8-15;/h1-5,7-8,10-11,16,20H,6,9,12-14H2,(H,21,22);1H. The van der Waals surface area contributed by atoms with Crippen LogP contribution in [0.15, 0.2) is 54.6 Å². The molecule has 1 fully saturated rings. The number of hydrogen-bond acceptors (Lipinski definition) is 3. The van der Waals surface area contributed by atoms with Crippen molar-refractivity contribution in [3.05, 3.63) is 54.6 Å². The molecule has 24 heavy (non-hydrogen) atoms. The topological polar surface area (TPSA) is 50.4 Å². The average Bonchev–Trinajstić information content (AvgIpc) is 3.13. The summed E-state index contributed by atoms with van der Waals surface area (Å²) in [6.45, 7) is 1.75. The lowest BCUT2D eigenvalue weighted by molar-refractivity contribution is -0.123. The highest BCUT2D eigenvalue weighted by atomic mass is 35.5. The number of nitrogens with one attached hydrogen (secondary N) is 2. The lowest BCUT2D eigenvalue weighted by Crippen LogP contribution is -2.39. The van der Waals surface area contributed by atoms with Crippen LogP contribution in [0.1, 0.15) is 12.8 Å². The molecule has 1 saturated heterocycles. The van der Waals surface area contributed by atoms with Crippen LogP contribution in [0.5, 0.6) is 5.75 Å². The third kappa shape index (κ3) is 4.98. The van der Waals surface area contributed by atoms with E-state index in [2.05, 4.69) is 10.6 Å². The first kappa shape index (κ1) is 18.3. The van der Waals surface area contributed by atoms with Gasteiger partial charge in [0.15, 0.2) is 6.61 Å². The molecular formula is C19H23ClN2O2. The Hall–Kier alpha value is -2.04. The van der Waals surface area contributed by atoms with E-state index in [4.69, 9.17) is 4.74 Å². The molecule has 5 heteroatoms. The number of amides is 1. The van der Waals surface area contributed by atoms with Crippen molar-refractivity contribution in [3.63, 3.8) is 0 Å². The number of hydrogen-bond donors (Lipinski definition) is 2. The van der Waals surface area contributed by atoms with Gasteiger partial charge in [-0.2, -0.15) is 0 Å². The molecule has 0 spiro atoms. The second kappa shape index (κ2) is 9.30. The summed E-state index contributed by atoms with van der Waals surface area (Å²) >= 11 is 0. The molecule has 4 nitrogen and oxygen atoms in total. The molecule has 1 amide bonds. The van der Waals surface area contributed by atoms with Gasteiger partial charge in [-0.25, -0.2) is 0 Å². The van der Waals surface area contributed by atoms with Crippen LogP contribution in [0.2, 0.25) is 0 Å². The van der Waals surface area contributed by atoms with E-state index in [-0.39, 0.29) is 24.9 Å². The number of halogens is 1. The van der Waals surface area contributed by atoms with E-state index >= 15 is 0 Å². The number of carbonyl (C=O) groups excluding carboxylic acids is 1. The van der Waals surface area contributed by atoms with Gasteiger partial charge in [-0.3, -0.25) is 4.79 Å². The van der Waals surface area contributed by atoms with Crippen molar-refractivity contribution < 1.29 is 9.53 Å². The second-order valence-electron chi connectivity index (χ2n) is 5.75. The van der Waals surface area contributed by atoms with E-state index in [1.807, 2.05) is 54.6 Å². The summed E-state index contributed by atoms with van der Waals surface area (Å²) in [5, 5.41) is 6.29. The molecular weight excluding hydrogens is 324 g/mol. The van der Waals surface area contributed by atoms with Gasteiger partial charge in [0.1, 0.15) is 5.75 Å². The zero-order valence-corrected chi connectivity index (χ0v) is 14.4. The van der Waals surface area contributed by atoms with Gasteiger partial charge in [-0.15, -0.1) is 12.4 Å². The molecule has 1 unspecified atom stereocenters. The fraction of sp³-hybridized carbons (Fsp3) is 0.316. The van der Waals surface area contributed by atoms with E-state index in [9.17, 15) is 4.79 Å². The molecule has 2 aromatic rings. The second-order valence-corrected chi connectivity index (χ2v) is 5.75. The summed E-state index contributed by atoms with van der Waals surface area (Å²) in [6, 6.07) is 18.2. The van der Waals surface area contributed by atoms with Gasteiger partial charge in [0.25, 0.3) is 5.91 Å². The zero-order chi connectivity index (χ0) is 15.9. The fourth-order valence-electron chi connectivity index (χ4n) is 2.81. The van der Waals surface area contributed by atoms with Crippen molar-refractivity contribution in [2.24, 2.45) is 0 Å². The van der Waals surface area contributed by atoms with E-state index in [0.717, 1.165) is 29.8 Å². The maximum atomic E-state index is 12.0. The van der Waals surface area contributed by atoms with Crippen molar-refractivity contribution in [2.45, 2.75) is 18.9 Å². The van der Waals surface area contributed by atoms with E-state index in [1.54, 1.807) is 0 Å². The van der Waals surface area contributed by atoms with Crippen LogP contribution in [0.25, 0.3) is 11.1 Å². The Bertz CT molecular complexity index is 643. The predicted octanol–water partition coefficient (Wildman–Crippen LogP) is 3.02. The first-order valence-electron chi connectivity index (χ1n) is 8.10. The molecule has 0 radical (unpaired) electrons. The maximum absolute atomic E-state index is 12.0. The Morgan fingerprint density at radius 3 is 2.62 bits per heavy atom. The van der Waals surface area contributed by atoms with Gasteiger partial charge in [0.2, 0.25) is 0 Å². The first-order valence-corrected chi connectivity index (χ1v) is 8.10. The van der Waals surface area contributed by atoms with Crippen molar-refractivity contribution in [2.75, 3.05) is 19.7 Å². The number of carbonyl (C=O) groups is 1. The van der Waals surface area contributed by atoms with Gasteiger partial charge in [0.05, 0.1) is 0 Å². The highest BCUT2D eigenvalue weighted by Crippen LogP contribution is 2.29. The van der Waals surface area contributed by atoms with Crippen LogP contribution in [-0.4, -0.2) is 31.6 Å². The minimum absolute atomic E-state index is 0. The summed E-state index contributed by atoms with van der Waals surface area (Å²) in [7, 11) is 0. The number of para-hydroxylation sites is 1. The third-order valence-corrected chi connectivity index (χ3v) is 4.04. The first-order chi connectivity index (χ1) is 11.3. The molecule has 1 aliphatic rings. The van der Waals surface area contributed by atoms with Crippen LogP contribution in [0, 0.1) is 0 Å². The maximum Gasteiger partial charge on any atom is 0.257 e. The van der Waals surface area contributed by atoms with Crippen LogP contribution < -0.4 is 15.4 Å². The Morgan fingerprint density at radius 1 is 1.12 bits per heavy atom. The highest BCUT2D eigenvalue weighted by Gasteiger charge is 2.15. The Balaban J connectivity index is 0.00000208. The Morgan fingerprint density at radius 2 is 1.88 bits per heavy atom. The van der Waals surface area contributed by atoms with Crippen molar-refractivity contribution in [1.82, 2.24) is 10.6 Å². The summed E-state index contributed by atoms with van der Waals surface area (Å²) in [5.41, 5.74) is 2.08. The van der Waals surface area contributed by atoms with E-state index in [1.165, 1.54) is 6.42 Å². The lowest BCUT2D eigenvalue weighted by atomic mass is 10.1. The number of rotatable bonds is 6. The molecule has 0 aliphatic carbocycles. The Labute approximate surface area is 149 Å². The van der Waals surface area contributed by atoms with E-state index < -0.39 is 0 Å². The summed E-state index contributed by atoms with van der Waals surface area (Å²) in [6.07, 6.45) is 2.31. The van der Waals surface area contributed by atoms with Gasteiger partial charge >= 0.3 is 0 Å². The number of benzene rings is 2. The molecule has 0 aromatic heterocycles. The van der Waals surface area contributed by atoms with Crippen molar-refractivity contribution in [3.8, 4) is 16.9 Å². The molecule has 1 heterocycles. The van der Waals surface area contributed by atoms with Crippen LogP contribution in [0.3, 0.4) is 0 Å². The largest absolute Gasteiger partial charge is 0.483 e. The smallest absolute Gasteiger partial charge is 0.257 e. The van der Waals surface area contributed by atoms with Crippen LogP contribution >= 0.6 is 12.4 Å². The average molecular weight is 347 g/mol. The number of ether oxygens (including phenoxy) is 1. The summed E-state index contributed by atoms with van der Waals surface area (Å²) < 4.78 is 5.74. The molecule has 128 valence electrons. The van der Waals surface area contributed by atoms with Crippen molar-refractivity contribution >= 4 is 18.3 Å². The molecule has 3 rings (SSSR count). The van der Waals surface area contributed by atoms with Gasteiger partial charge < -0.3 is 15.4 Å². The van der Waals surface area contributed by atoms with Crippen molar-refractivity contribution in [1.29, 1.82) is 0 Å². The highest BCUT2D eigenvalue weighted by molar-refractivity contribution is 5.85.